The second-order valence-electron chi connectivity index (χ2n) is 5.33. The largest absolute Gasteiger partial charge is 0.389 e. The number of hydrogen-bond acceptors (Lipinski definition) is 4. The van der Waals surface area contributed by atoms with Crippen molar-refractivity contribution in [3.8, 4) is 0 Å². The molecule has 1 aromatic rings. The van der Waals surface area contributed by atoms with Crippen molar-refractivity contribution in [1.82, 2.24) is 0 Å². The molecule has 0 bridgehead atoms. The van der Waals surface area contributed by atoms with Gasteiger partial charge in [-0.05, 0) is 13.0 Å². The SMILES string of the molecule is CC(O)c1ccccc1N1CCC2(CC1)OCCO2. The van der Waals surface area contributed by atoms with Crippen molar-refractivity contribution in [2.45, 2.75) is 31.7 Å². The number of hydrogen-bond donors (Lipinski definition) is 1. The second-order valence-corrected chi connectivity index (χ2v) is 5.33. The average Bonchev–Trinajstić information content (AvgIpc) is 2.88. The molecule has 0 aromatic heterocycles. The molecule has 1 atom stereocenters. The topological polar surface area (TPSA) is 41.9 Å². The van der Waals surface area contributed by atoms with E-state index in [1.54, 1.807) is 0 Å². The van der Waals surface area contributed by atoms with Gasteiger partial charge >= 0.3 is 0 Å². The summed E-state index contributed by atoms with van der Waals surface area (Å²) in [7, 11) is 0. The highest BCUT2D eigenvalue weighted by Gasteiger charge is 2.40. The standard InChI is InChI=1S/C15H21NO3/c1-12(17)13-4-2-3-5-14(13)16-8-6-15(7-9-16)18-10-11-19-15/h2-5,12,17H,6-11H2,1H3. The van der Waals surface area contributed by atoms with Gasteiger partial charge in [-0.15, -0.1) is 0 Å². The Bertz CT molecular complexity index is 431. The molecule has 2 aliphatic heterocycles. The quantitative estimate of drug-likeness (QED) is 0.887. The fraction of sp³-hybridized carbons (Fsp3) is 0.600. The molecule has 1 unspecified atom stereocenters. The van der Waals surface area contributed by atoms with Gasteiger partial charge in [-0.1, -0.05) is 18.2 Å². The van der Waals surface area contributed by atoms with Crippen LogP contribution in [0.25, 0.3) is 0 Å². The van der Waals surface area contributed by atoms with Crippen LogP contribution >= 0.6 is 0 Å². The number of piperidine rings is 1. The molecule has 19 heavy (non-hydrogen) atoms. The van der Waals surface area contributed by atoms with Gasteiger partial charge in [0.05, 0.1) is 19.3 Å². The first-order valence-electron chi connectivity index (χ1n) is 7.00. The van der Waals surface area contributed by atoms with Gasteiger partial charge in [0.1, 0.15) is 0 Å². The molecule has 1 N–H and O–H groups in total. The zero-order valence-corrected chi connectivity index (χ0v) is 11.3. The fourth-order valence-electron chi connectivity index (χ4n) is 3.00. The van der Waals surface area contributed by atoms with Crippen LogP contribution in [0.1, 0.15) is 31.4 Å². The van der Waals surface area contributed by atoms with Gasteiger partial charge in [-0.2, -0.15) is 0 Å². The number of benzene rings is 1. The van der Waals surface area contributed by atoms with Crippen molar-refractivity contribution in [2.75, 3.05) is 31.2 Å². The second kappa shape index (κ2) is 5.12. The van der Waals surface area contributed by atoms with Crippen LogP contribution in [0.15, 0.2) is 24.3 Å². The molecule has 1 aromatic carbocycles. The Balaban J connectivity index is 1.75. The molecular weight excluding hydrogens is 242 g/mol. The summed E-state index contributed by atoms with van der Waals surface area (Å²) in [6, 6.07) is 8.07. The van der Waals surface area contributed by atoms with E-state index in [1.165, 1.54) is 0 Å². The van der Waals surface area contributed by atoms with Crippen LogP contribution in [0, 0.1) is 0 Å². The van der Waals surface area contributed by atoms with Crippen LogP contribution in [0.5, 0.6) is 0 Å². The molecule has 2 saturated heterocycles. The summed E-state index contributed by atoms with van der Waals surface area (Å²) in [5.41, 5.74) is 2.12. The Labute approximate surface area is 113 Å². The molecular formula is C15H21NO3. The zero-order valence-electron chi connectivity index (χ0n) is 11.3. The third-order valence-electron chi connectivity index (χ3n) is 4.07. The first-order valence-corrected chi connectivity index (χ1v) is 7.00. The molecule has 0 saturated carbocycles. The highest BCUT2D eigenvalue weighted by atomic mass is 16.7. The molecule has 3 rings (SSSR count). The van der Waals surface area contributed by atoms with E-state index in [0.29, 0.717) is 13.2 Å². The summed E-state index contributed by atoms with van der Waals surface area (Å²) in [4.78, 5) is 2.32. The molecule has 0 amide bonds. The van der Waals surface area contributed by atoms with Gasteiger partial charge in [-0.25, -0.2) is 0 Å². The highest BCUT2D eigenvalue weighted by molar-refractivity contribution is 5.54. The summed E-state index contributed by atoms with van der Waals surface area (Å²) < 4.78 is 11.5. The van der Waals surface area contributed by atoms with Crippen LogP contribution in [0.3, 0.4) is 0 Å². The first kappa shape index (κ1) is 12.9. The molecule has 2 heterocycles. The van der Waals surface area contributed by atoms with E-state index in [2.05, 4.69) is 11.0 Å². The molecule has 4 heteroatoms. The smallest absolute Gasteiger partial charge is 0.171 e. The predicted molar refractivity (Wildman–Crippen MR) is 73.2 cm³/mol. The van der Waals surface area contributed by atoms with Crippen molar-refractivity contribution in [3.05, 3.63) is 29.8 Å². The Morgan fingerprint density at radius 3 is 2.42 bits per heavy atom. The molecule has 0 radical (unpaired) electrons. The molecule has 2 aliphatic rings. The molecule has 0 aliphatic carbocycles. The summed E-state index contributed by atoms with van der Waals surface area (Å²) >= 11 is 0. The minimum atomic E-state index is -0.439. The lowest BCUT2D eigenvalue weighted by atomic mass is 10.0. The van der Waals surface area contributed by atoms with Crippen molar-refractivity contribution < 1.29 is 14.6 Å². The molecule has 2 fully saturated rings. The summed E-state index contributed by atoms with van der Waals surface area (Å²) in [5, 5.41) is 9.86. The fourth-order valence-corrected chi connectivity index (χ4v) is 3.00. The number of anilines is 1. The van der Waals surface area contributed by atoms with Crippen LogP contribution < -0.4 is 4.90 Å². The monoisotopic (exact) mass is 263 g/mol. The first-order chi connectivity index (χ1) is 9.20. The third kappa shape index (κ3) is 2.48. The molecule has 104 valence electrons. The third-order valence-corrected chi connectivity index (χ3v) is 4.07. The van der Waals surface area contributed by atoms with Gasteiger partial charge in [-0.3, -0.25) is 0 Å². The maximum Gasteiger partial charge on any atom is 0.171 e. The minimum Gasteiger partial charge on any atom is -0.389 e. The molecule has 4 nitrogen and oxygen atoms in total. The Morgan fingerprint density at radius 2 is 1.79 bits per heavy atom. The van der Waals surface area contributed by atoms with E-state index in [-0.39, 0.29) is 5.79 Å². The Morgan fingerprint density at radius 1 is 1.16 bits per heavy atom. The van der Waals surface area contributed by atoms with E-state index in [9.17, 15) is 5.11 Å². The number of aliphatic hydroxyl groups excluding tert-OH is 1. The van der Waals surface area contributed by atoms with Crippen LogP contribution in [0.4, 0.5) is 5.69 Å². The number of para-hydroxylation sites is 1. The van der Waals surface area contributed by atoms with Gasteiger partial charge < -0.3 is 19.5 Å². The van der Waals surface area contributed by atoms with Crippen molar-refractivity contribution in [3.63, 3.8) is 0 Å². The van der Waals surface area contributed by atoms with E-state index in [1.807, 2.05) is 25.1 Å². The van der Waals surface area contributed by atoms with E-state index < -0.39 is 6.10 Å². The summed E-state index contributed by atoms with van der Waals surface area (Å²) in [5.74, 6) is -0.337. The average molecular weight is 263 g/mol. The maximum atomic E-state index is 9.86. The van der Waals surface area contributed by atoms with Crippen molar-refractivity contribution in [1.29, 1.82) is 0 Å². The predicted octanol–water partition coefficient (Wildman–Crippen LogP) is 2.08. The lowest BCUT2D eigenvalue weighted by Crippen LogP contribution is -2.45. The van der Waals surface area contributed by atoms with Gasteiger partial charge in [0.2, 0.25) is 0 Å². The normalized spacial score (nSPS) is 23.8. The summed E-state index contributed by atoms with van der Waals surface area (Å²) in [6.07, 6.45) is 1.34. The zero-order chi connectivity index (χ0) is 13.3. The Kier molecular flexibility index (Phi) is 3.48. The van der Waals surface area contributed by atoms with E-state index in [0.717, 1.165) is 37.2 Å². The summed E-state index contributed by atoms with van der Waals surface area (Å²) in [6.45, 7) is 5.05. The minimum absolute atomic E-state index is 0.337. The number of nitrogens with zero attached hydrogens (tertiary/aromatic N) is 1. The van der Waals surface area contributed by atoms with E-state index >= 15 is 0 Å². The van der Waals surface area contributed by atoms with Crippen molar-refractivity contribution >= 4 is 5.69 Å². The maximum absolute atomic E-state index is 9.86. The lowest BCUT2D eigenvalue weighted by molar-refractivity contribution is -0.169. The Hall–Kier alpha value is -1.10. The number of rotatable bonds is 2. The number of ether oxygens (including phenoxy) is 2. The number of aliphatic hydroxyl groups is 1. The van der Waals surface area contributed by atoms with Crippen LogP contribution in [-0.4, -0.2) is 37.2 Å². The van der Waals surface area contributed by atoms with Crippen LogP contribution in [-0.2, 0) is 9.47 Å². The molecule has 1 spiro atoms. The van der Waals surface area contributed by atoms with Gasteiger partial charge in [0, 0.05) is 37.2 Å². The van der Waals surface area contributed by atoms with Crippen molar-refractivity contribution in [2.24, 2.45) is 0 Å². The lowest BCUT2D eigenvalue weighted by Gasteiger charge is -2.39. The van der Waals surface area contributed by atoms with Crippen LogP contribution in [0.2, 0.25) is 0 Å². The van der Waals surface area contributed by atoms with Gasteiger partial charge in [0.15, 0.2) is 5.79 Å². The van der Waals surface area contributed by atoms with Gasteiger partial charge in [0.25, 0.3) is 0 Å². The highest BCUT2D eigenvalue weighted by Crippen LogP contribution is 2.35. The van der Waals surface area contributed by atoms with E-state index in [4.69, 9.17) is 9.47 Å².